The van der Waals surface area contributed by atoms with Crippen LogP contribution < -0.4 is 10.6 Å². The third-order valence-electron chi connectivity index (χ3n) is 3.62. The molecule has 0 bridgehead atoms. The number of carbonyl (C=O) groups excluding carboxylic acids is 3. The summed E-state index contributed by atoms with van der Waals surface area (Å²) >= 11 is 0. The summed E-state index contributed by atoms with van der Waals surface area (Å²) in [6.07, 6.45) is 0.324. The van der Waals surface area contributed by atoms with Gasteiger partial charge in [-0.25, -0.2) is 9.59 Å². The number of Topliss-reactive ketones (excluding diaryl/α,β-unsaturated/α-hetero) is 1. The van der Waals surface area contributed by atoms with E-state index in [2.05, 4.69) is 10.6 Å². The predicted molar refractivity (Wildman–Crippen MR) is 94.6 cm³/mol. The summed E-state index contributed by atoms with van der Waals surface area (Å²) in [6.45, 7) is 1.47. The monoisotopic (exact) mass is 340 g/mol. The van der Waals surface area contributed by atoms with Crippen molar-refractivity contribution in [1.29, 1.82) is 0 Å². The van der Waals surface area contributed by atoms with Crippen molar-refractivity contribution in [2.75, 3.05) is 12.4 Å². The molecule has 130 valence electrons. The molecule has 0 aliphatic carbocycles. The number of benzene rings is 2. The summed E-state index contributed by atoms with van der Waals surface area (Å²) < 4.78 is 4.76. The molecule has 0 aliphatic heterocycles. The van der Waals surface area contributed by atoms with Crippen molar-refractivity contribution in [3.8, 4) is 0 Å². The largest absolute Gasteiger partial charge is 0.467 e. The van der Waals surface area contributed by atoms with Gasteiger partial charge in [-0.15, -0.1) is 0 Å². The van der Waals surface area contributed by atoms with Crippen LogP contribution in [0.1, 0.15) is 22.8 Å². The molecule has 0 spiro atoms. The molecular weight excluding hydrogens is 320 g/mol. The van der Waals surface area contributed by atoms with Crippen molar-refractivity contribution >= 4 is 23.5 Å². The van der Waals surface area contributed by atoms with Gasteiger partial charge in [0.15, 0.2) is 5.78 Å². The minimum atomic E-state index is -0.802. The summed E-state index contributed by atoms with van der Waals surface area (Å²) in [5.74, 6) is -0.574. The second kappa shape index (κ2) is 8.63. The minimum Gasteiger partial charge on any atom is -0.467 e. The Kier molecular flexibility index (Phi) is 6.28. The lowest BCUT2D eigenvalue weighted by Crippen LogP contribution is -2.45. The summed E-state index contributed by atoms with van der Waals surface area (Å²) in [4.78, 5) is 35.3. The summed E-state index contributed by atoms with van der Waals surface area (Å²) in [5.41, 5.74) is 1.98. The van der Waals surface area contributed by atoms with Gasteiger partial charge in [0.25, 0.3) is 0 Å². The molecule has 6 heteroatoms. The Morgan fingerprint density at radius 2 is 1.64 bits per heavy atom. The van der Waals surface area contributed by atoms with Crippen molar-refractivity contribution in [2.24, 2.45) is 0 Å². The zero-order chi connectivity index (χ0) is 18.2. The Balaban J connectivity index is 2.01. The zero-order valence-corrected chi connectivity index (χ0v) is 14.1. The van der Waals surface area contributed by atoms with Crippen molar-refractivity contribution in [1.82, 2.24) is 5.32 Å². The van der Waals surface area contributed by atoms with E-state index < -0.39 is 18.0 Å². The number of ether oxygens (including phenoxy) is 1. The van der Waals surface area contributed by atoms with E-state index in [1.807, 2.05) is 30.3 Å². The topological polar surface area (TPSA) is 84.5 Å². The first kappa shape index (κ1) is 18.2. The second-order valence-corrected chi connectivity index (χ2v) is 5.50. The molecular formula is C19H20N2O4. The number of amides is 2. The van der Waals surface area contributed by atoms with Crippen molar-refractivity contribution in [3.05, 3.63) is 65.7 Å². The van der Waals surface area contributed by atoms with Crippen molar-refractivity contribution in [2.45, 2.75) is 19.4 Å². The number of methoxy groups -OCH3 is 1. The van der Waals surface area contributed by atoms with E-state index in [1.54, 1.807) is 24.3 Å². The van der Waals surface area contributed by atoms with Gasteiger partial charge in [-0.1, -0.05) is 30.3 Å². The van der Waals surface area contributed by atoms with Crippen LogP contribution in [0.3, 0.4) is 0 Å². The molecule has 0 radical (unpaired) electrons. The maximum atomic E-state index is 12.2. The molecule has 0 aromatic heterocycles. The average Bonchev–Trinajstić information content (AvgIpc) is 2.61. The lowest BCUT2D eigenvalue weighted by Gasteiger charge is -2.17. The Morgan fingerprint density at radius 1 is 1.00 bits per heavy atom. The third kappa shape index (κ3) is 5.46. The summed E-state index contributed by atoms with van der Waals surface area (Å²) in [7, 11) is 1.28. The van der Waals surface area contributed by atoms with Crippen LogP contribution in [0.25, 0.3) is 0 Å². The maximum absolute atomic E-state index is 12.2. The molecule has 2 N–H and O–H groups in total. The van der Waals surface area contributed by atoms with Crippen LogP contribution in [0.2, 0.25) is 0 Å². The molecule has 2 aromatic carbocycles. The maximum Gasteiger partial charge on any atom is 0.328 e. The highest BCUT2D eigenvalue weighted by Gasteiger charge is 2.22. The number of esters is 1. The molecule has 25 heavy (non-hydrogen) atoms. The Bertz CT molecular complexity index is 742. The van der Waals surface area contributed by atoms with Crippen LogP contribution in [0, 0.1) is 0 Å². The van der Waals surface area contributed by atoms with E-state index in [0.717, 1.165) is 5.56 Å². The van der Waals surface area contributed by atoms with E-state index in [9.17, 15) is 14.4 Å². The van der Waals surface area contributed by atoms with Crippen LogP contribution >= 0.6 is 0 Å². The Hall–Kier alpha value is -3.15. The average molecular weight is 340 g/mol. The molecule has 2 amide bonds. The van der Waals surface area contributed by atoms with E-state index in [1.165, 1.54) is 14.0 Å². The van der Waals surface area contributed by atoms with Gasteiger partial charge < -0.3 is 15.4 Å². The SMILES string of the molecule is COC(=O)[C@H](Cc1ccccc1)NC(=O)Nc1ccc(C(C)=O)cc1. The minimum absolute atomic E-state index is 0.0513. The Labute approximate surface area is 146 Å². The van der Waals surface area contributed by atoms with Crippen LogP contribution in [0.5, 0.6) is 0 Å². The molecule has 0 saturated carbocycles. The smallest absolute Gasteiger partial charge is 0.328 e. The summed E-state index contributed by atoms with van der Waals surface area (Å²) in [6, 6.07) is 14.5. The molecule has 0 unspecified atom stereocenters. The van der Waals surface area contributed by atoms with E-state index >= 15 is 0 Å². The van der Waals surface area contributed by atoms with E-state index in [0.29, 0.717) is 17.7 Å². The van der Waals surface area contributed by atoms with Gasteiger partial charge in [0.1, 0.15) is 6.04 Å². The standard InChI is InChI=1S/C19H20N2O4/c1-13(22)15-8-10-16(11-9-15)20-19(24)21-17(18(23)25-2)12-14-6-4-3-5-7-14/h3-11,17H,12H2,1-2H3,(H2,20,21,24)/t17-/m0/s1. The van der Waals surface area contributed by atoms with Crippen molar-refractivity contribution < 1.29 is 19.1 Å². The number of anilines is 1. The van der Waals surface area contributed by atoms with Gasteiger partial charge in [-0.2, -0.15) is 0 Å². The van der Waals surface area contributed by atoms with E-state index in [4.69, 9.17) is 4.74 Å². The first-order chi connectivity index (χ1) is 12.0. The molecule has 0 fully saturated rings. The fourth-order valence-corrected chi connectivity index (χ4v) is 2.30. The highest BCUT2D eigenvalue weighted by molar-refractivity contribution is 5.96. The fourth-order valence-electron chi connectivity index (χ4n) is 2.30. The van der Waals surface area contributed by atoms with Crippen LogP contribution in [0.4, 0.5) is 10.5 Å². The molecule has 0 aliphatic rings. The van der Waals surface area contributed by atoms with Crippen LogP contribution in [-0.4, -0.2) is 30.9 Å². The Morgan fingerprint density at radius 3 is 2.20 bits per heavy atom. The molecule has 2 aromatic rings. The molecule has 1 atom stereocenters. The molecule has 2 rings (SSSR count). The highest BCUT2D eigenvalue weighted by Crippen LogP contribution is 2.10. The molecule has 6 nitrogen and oxygen atoms in total. The lowest BCUT2D eigenvalue weighted by atomic mass is 10.1. The quantitative estimate of drug-likeness (QED) is 0.625. The number of rotatable bonds is 6. The molecule has 0 saturated heterocycles. The number of urea groups is 1. The fraction of sp³-hybridized carbons (Fsp3) is 0.211. The number of carbonyl (C=O) groups is 3. The number of ketones is 1. The second-order valence-electron chi connectivity index (χ2n) is 5.50. The van der Waals surface area contributed by atoms with Gasteiger partial charge in [0.2, 0.25) is 0 Å². The normalized spacial score (nSPS) is 11.3. The van der Waals surface area contributed by atoms with Gasteiger partial charge in [0, 0.05) is 17.7 Å². The number of hydrogen-bond donors (Lipinski definition) is 2. The predicted octanol–water partition coefficient (Wildman–Crippen LogP) is 2.80. The third-order valence-corrected chi connectivity index (χ3v) is 3.62. The van der Waals surface area contributed by atoms with Crippen molar-refractivity contribution in [3.63, 3.8) is 0 Å². The van der Waals surface area contributed by atoms with Gasteiger partial charge >= 0.3 is 12.0 Å². The van der Waals surface area contributed by atoms with Gasteiger partial charge in [-0.3, -0.25) is 4.79 Å². The van der Waals surface area contributed by atoms with Gasteiger partial charge in [-0.05, 0) is 36.8 Å². The zero-order valence-electron chi connectivity index (χ0n) is 14.1. The molecule has 0 heterocycles. The van der Waals surface area contributed by atoms with Gasteiger partial charge in [0.05, 0.1) is 7.11 Å². The lowest BCUT2D eigenvalue weighted by molar-refractivity contribution is -0.142. The van der Waals surface area contributed by atoms with E-state index in [-0.39, 0.29) is 5.78 Å². The summed E-state index contributed by atoms with van der Waals surface area (Å²) in [5, 5.41) is 5.24. The van der Waals surface area contributed by atoms with Crippen LogP contribution in [-0.2, 0) is 16.0 Å². The first-order valence-corrected chi connectivity index (χ1v) is 7.80. The highest BCUT2D eigenvalue weighted by atomic mass is 16.5. The first-order valence-electron chi connectivity index (χ1n) is 7.80. The van der Waals surface area contributed by atoms with Crippen LogP contribution in [0.15, 0.2) is 54.6 Å². The number of hydrogen-bond acceptors (Lipinski definition) is 4. The number of nitrogens with one attached hydrogen (secondary N) is 2.